The Morgan fingerprint density at radius 3 is 2.69 bits per heavy atom. The molecule has 0 radical (unpaired) electrons. The van der Waals surface area contributed by atoms with Crippen LogP contribution in [0.3, 0.4) is 0 Å². The van der Waals surface area contributed by atoms with Crippen LogP contribution in [0.2, 0.25) is 5.02 Å². The van der Waals surface area contributed by atoms with Crippen molar-refractivity contribution in [3.8, 4) is 0 Å². The maximum Gasteiger partial charge on any atom is 0.145 e. The van der Waals surface area contributed by atoms with E-state index >= 15 is 0 Å². The van der Waals surface area contributed by atoms with Gasteiger partial charge in [0.15, 0.2) is 0 Å². The van der Waals surface area contributed by atoms with Gasteiger partial charge in [-0.3, -0.25) is 0 Å². The zero-order valence-corrected chi connectivity index (χ0v) is 9.41. The van der Waals surface area contributed by atoms with E-state index in [2.05, 4.69) is 10.3 Å². The lowest BCUT2D eigenvalue weighted by Gasteiger charge is -2.07. The molecule has 16 heavy (non-hydrogen) atoms. The predicted octanol–water partition coefficient (Wildman–Crippen LogP) is 2.93. The van der Waals surface area contributed by atoms with Gasteiger partial charge in [0.2, 0.25) is 0 Å². The summed E-state index contributed by atoms with van der Waals surface area (Å²) in [6.07, 6.45) is 1.58. The smallest absolute Gasteiger partial charge is 0.145 e. The molecule has 0 saturated carbocycles. The zero-order valence-electron chi connectivity index (χ0n) is 8.65. The first-order valence-electron chi connectivity index (χ1n) is 4.94. The lowest BCUT2D eigenvalue weighted by molar-refractivity contribution is 1.11. The van der Waals surface area contributed by atoms with E-state index in [4.69, 9.17) is 17.3 Å². The van der Waals surface area contributed by atoms with Crippen molar-refractivity contribution in [2.75, 3.05) is 11.1 Å². The van der Waals surface area contributed by atoms with Crippen molar-refractivity contribution in [1.82, 2.24) is 4.98 Å². The molecule has 0 aliphatic carbocycles. The topological polar surface area (TPSA) is 50.9 Å². The minimum absolute atomic E-state index is 0.538. The summed E-state index contributed by atoms with van der Waals surface area (Å²) in [5.74, 6) is 0.653. The van der Waals surface area contributed by atoms with Crippen LogP contribution in [-0.4, -0.2) is 4.98 Å². The van der Waals surface area contributed by atoms with Crippen LogP contribution in [0.1, 0.15) is 5.56 Å². The summed E-state index contributed by atoms with van der Waals surface area (Å²) in [4.78, 5) is 4.12. The molecular formula is C12H12ClN3. The Morgan fingerprint density at radius 2 is 2.00 bits per heavy atom. The van der Waals surface area contributed by atoms with Gasteiger partial charge in [0.25, 0.3) is 0 Å². The Hall–Kier alpha value is -1.74. The van der Waals surface area contributed by atoms with Crippen LogP contribution in [0.5, 0.6) is 0 Å². The molecule has 0 aliphatic heterocycles. The number of anilines is 2. The number of halogens is 1. The van der Waals surface area contributed by atoms with E-state index in [-0.39, 0.29) is 0 Å². The van der Waals surface area contributed by atoms with Crippen LogP contribution >= 0.6 is 11.6 Å². The van der Waals surface area contributed by atoms with Crippen LogP contribution in [0.15, 0.2) is 42.6 Å². The van der Waals surface area contributed by atoms with Crippen molar-refractivity contribution in [2.24, 2.45) is 0 Å². The van der Waals surface area contributed by atoms with Crippen molar-refractivity contribution >= 4 is 23.1 Å². The van der Waals surface area contributed by atoms with Crippen LogP contribution in [-0.2, 0) is 6.54 Å². The van der Waals surface area contributed by atoms with E-state index in [1.54, 1.807) is 12.3 Å². The second-order valence-corrected chi connectivity index (χ2v) is 3.85. The number of nitrogens with zero attached hydrogens (tertiary/aromatic N) is 1. The quantitative estimate of drug-likeness (QED) is 0.857. The van der Waals surface area contributed by atoms with Gasteiger partial charge in [-0.1, -0.05) is 41.9 Å². The Bertz CT molecular complexity index is 471. The molecule has 0 bridgehead atoms. The second-order valence-electron chi connectivity index (χ2n) is 3.44. The Labute approximate surface area is 99.3 Å². The average molecular weight is 234 g/mol. The molecule has 3 N–H and O–H groups in total. The third kappa shape index (κ3) is 2.64. The number of nitrogens with two attached hydrogens (primary N) is 1. The molecule has 0 unspecified atom stereocenters. The van der Waals surface area contributed by atoms with Crippen LogP contribution in [0, 0.1) is 0 Å². The van der Waals surface area contributed by atoms with Crippen molar-refractivity contribution in [2.45, 2.75) is 6.54 Å². The first kappa shape index (κ1) is 10.8. The molecule has 1 aromatic carbocycles. The first-order valence-corrected chi connectivity index (χ1v) is 5.32. The number of benzene rings is 1. The van der Waals surface area contributed by atoms with Gasteiger partial charge in [-0.25, -0.2) is 4.98 Å². The highest BCUT2D eigenvalue weighted by Crippen LogP contribution is 2.21. The predicted molar refractivity (Wildman–Crippen MR) is 67.4 cm³/mol. The van der Waals surface area contributed by atoms with Crippen LogP contribution < -0.4 is 11.1 Å². The molecule has 0 saturated heterocycles. The van der Waals surface area contributed by atoms with E-state index < -0.39 is 0 Å². The normalized spacial score (nSPS) is 10.1. The highest BCUT2D eigenvalue weighted by molar-refractivity contribution is 6.33. The van der Waals surface area contributed by atoms with Gasteiger partial charge in [0.1, 0.15) is 5.82 Å². The van der Waals surface area contributed by atoms with Gasteiger partial charge < -0.3 is 11.1 Å². The molecule has 0 spiro atoms. The number of nitrogens with one attached hydrogen (secondary N) is 1. The molecule has 1 aromatic heterocycles. The summed E-state index contributed by atoms with van der Waals surface area (Å²) in [6, 6.07) is 11.7. The molecule has 0 fully saturated rings. The van der Waals surface area contributed by atoms with E-state index in [0.717, 1.165) is 0 Å². The molecule has 2 rings (SSSR count). The van der Waals surface area contributed by atoms with E-state index in [9.17, 15) is 0 Å². The number of rotatable bonds is 3. The van der Waals surface area contributed by atoms with E-state index in [1.807, 2.05) is 30.3 Å². The fourth-order valence-corrected chi connectivity index (χ4v) is 1.61. The lowest BCUT2D eigenvalue weighted by atomic mass is 10.2. The molecule has 0 aliphatic rings. The molecule has 1 heterocycles. The molecule has 3 nitrogen and oxygen atoms in total. The summed E-state index contributed by atoms with van der Waals surface area (Å²) in [5.41, 5.74) is 7.30. The fourth-order valence-electron chi connectivity index (χ4n) is 1.36. The molecule has 82 valence electrons. The number of nitrogen functional groups attached to an aromatic ring is 1. The third-order valence-electron chi connectivity index (χ3n) is 2.17. The fraction of sp³-hybridized carbons (Fsp3) is 0.0833. The highest BCUT2D eigenvalue weighted by Gasteiger charge is 2.01. The van der Waals surface area contributed by atoms with Crippen molar-refractivity contribution in [1.29, 1.82) is 0 Å². The van der Waals surface area contributed by atoms with E-state index in [0.29, 0.717) is 23.1 Å². The first-order chi connectivity index (χ1) is 7.75. The Balaban J connectivity index is 2.05. The summed E-state index contributed by atoms with van der Waals surface area (Å²) in [6.45, 7) is 0.692. The highest BCUT2D eigenvalue weighted by atomic mass is 35.5. The van der Waals surface area contributed by atoms with Gasteiger partial charge in [-0.15, -0.1) is 0 Å². The minimum Gasteiger partial charge on any atom is -0.397 e. The minimum atomic E-state index is 0.538. The lowest BCUT2D eigenvalue weighted by Crippen LogP contribution is -2.02. The van der Waals surface area contributed by atoms with Gasteiger partial charge in [-0.2, -0.15) is 0 Å². The van der Waals surface area contributed by atoms with Gasteiger partial charge in [0.05, 0.1) is 16.9 Å². The summed E-state index contributed by atoms with van der Waals surface area (Å²) < 4.78 is 0. The summed E-state index contributed by atoms with van der Waals surface area (Å²) >= 11 is 5.99. The van der Waals surface area contributed by atoms with Crippen molar-refractivity contribution in [3.63, 3.8) is 0 Å². The molecule has 0 amide bonds. The summed E-state index contributed by atoms with van der Waals surface area (Å²) in [7, 11) is 0. The zero-order chi connectivity index (χ0) is 11.4. The van der Waals surface area contributed by atoms with Crippen molar-refractivity contribution in [3.05, 3.63) is 53.2 Å². The van der Waals surface area contributed by atoms with Crippen LogP contribution in [0.4, 0.5) is 11.5 Å². The monoisotopic (exact) mass is 233 g/mol. The third-order valence-corrected chi connectivity index (χ3v) is 2.45. The van der Waals surface area contributed by atoms with Gasteiger partial charge in [-0.05, 0) is 11.6 Å². The van der Waals surface area contributed by atoms with Gasteiger partial charge >= 0.3 is 0 Å². The average Bonchev–Trinajstić information content (AvgIpc) is 2.29. The number of aromatic nitrogens is 1. The Morgan fingerprint density at radius 1 is 1.25 bits per heavy atom. The number of hydrogen-bond acceptors (Lipinski definition) is 3. The number of pyridine rings is 1. The van der Waals surface area contributed by atoms with Crippen LogP contribution in [0.25, 0.3) is 0 Å². The van der Waals surface area contributed by atoms with Crippen molar-refractivity contribution < 1.29 is 0 Å². The summed E-state index contributed by atoms with van der Waals surface area (Å²) in [5, 5.41) is 3.70. The maximum atomic E-state index is 5.99. The SMILES string of the molecule is Nc1cnc(NCc2ccccc2)c(Cl)c1. The molecule has 0 atom stereocenters. The van der Waals surface area contributed by atoms with E-state index in [1.165, 1.54) is 5.56 Å². The largest absolute Gasteiger partial charge is 0.397 e. The second kappa shape index (κ2) is 4.86. The maximum absolute atomic E-state index is 5.99. The molecule has 4 heteroatoms. The Kier molecular flexibility index (Phi) is 3.27. The van der Waals surface area contributed by atoms with Gasteiger partial charge in [0, 0.05) is 6.54 Å². The number of hydrogen-bond donors (Lipinski definition) is 2. The molecule has 2 aromatic rings. The molecular weight excluding hydrogens is 222 g/mol. The standard InChI is InChI=1S/C12H12ClN3/c13-11-6-10(14)8-16-12(11)15-7-9-4-2-1-3-5-9/h1-6,8H,7,14H2,(H,15,16).